The first kappa shape index (κ1) is 14.4. The second kappa shape index (κ2) is 5.98. The summed E-state index contributed by atoms with van der Waals surface area (Å²) in [5.74, 6) is -0.317. The van der Waals surface area contributed by atoms with Crippen LogP contribution in [0, 0.1) is 5.82 Å². The summed E-state index contributed by atoms with van der Waals surface area (Å²) in [6, 6.07) is 3.91. The number of hydrogen-bond donors (Lipinski definition) is 1. The monoisotopic (exact) mass is 330 g/mol. The number of carbonyl (C=O) groups excluding carboxylic acids is 1. The molecule has 1 aliphatic rings. The zero-order valence-corrected chi connectivity index (χ0v) is 12.2. The molecule has 1 aromatic rings. The molecule has 0 bridgehead atoms. The van der Waals surface area contributed by atoms with Crippen LogP contribution in [0.4, 0.5) is 4.39 Å². The van der Waals surface area contributed by atoms with Crippen molar-refractivity contribution in [3.8, 4) is 0 Å². The van der Waals surface area contributed by atoms with Crippen molar-refractivity contribution in [3.05, 3.63) is 34.1 Å². The van der Waals surface area contributed by atoms with Gasteiger partial charge in [0, 0.05) is 30.6 Å². The summed E-state index contributed by atoms with van der Waals surface area (Å²) in [6.45, 7) is 0.936. The Morgan fingerprint density at radius 3 is 2.95 bits per heavy atom. The number of carbonyl (C=O) groups is 1. The fourth-order valence-corrected chi connectivity index (χ4v) is 3.00. The van der Waals surface area contributed by atoms with E-state index in [2.05, 4.69) is 15.9 Å². The molecule has 1 amide bonds. The molecule has 104 valence electrons. The quantitative estimate of drug-likeness (QED) is 0.916. The summed E-state index contributed by atoms with van der Waals surface area (Å²) in [4.78, 5) is 13.7. The molecular formula is C13H16BrFN2O2. The second-order valence-corrected chi connectivity index (χ2v) is 5.41. The van der Waals surface area contributed by atoms with E-state index >= 15 is 0 Å². The van der Waals surface area contributed by atoms with Gasteiger partial charge in [-0.3, -0.25) is 4.79 Å². The van der Waals surface area contributed by atoms with Crippen molar-refractivity contribution in [2.45, 2.75) is 18.5 Å². The number of rotatable bonds is 4. The Bertz CT molecular complexity index is 484. The van der Waals surface area contributed by atoms with Crippen LogP contribution in [0.3, 0.4) is 0 Å². The Labute approximate surface area is 119 Å². The van der Waals surface area contributed by atoms with E-state index in [1.807, 2.05) is 0 Å². The summed E-state index contributed by atoms with van der Waals surface area (Å²) in [6.07, 6.45) is 0.304. The van der Waals surface area contributed by atoms with Crippen molar-refractivity contribution in [1.29, 1.82) is 0 Å². The van der Waals surface area contributed by atoms with E-state index in [4.69, 9.17) is 10.5 Å². The number of halogens is 2. The lowest BCUT2D eigenvalue weighted by Crippen LogP contribution is -2.35. The van der Waals surface area contributed by atoms with E-state index in [0.717, 1.165) is 5.56 Å². The van der Waals surface area contributed by atoms with Crippen LogP contribution in [0.1, 0.15) is 18.0 Å². The van der Waals surface area contributed by atoms with Crippen molar-refractivity contribution < 1.29 is 13.9 Å². The molecule has 0 saturated carbocycles. The molecule has 6 heteroatoms. The van der Waals surface area contributed by atoms with Gasteiger partial charge in [-0.15, -0.1) is 0 Å². The largest absolute Gasteiger partial charge is 0.383 e. The summed E-state index contributed by atoms with van der Waals surface area (Å²) in [7, 11) is 1.59. The molecule has 1 aromatic carbocycles. The molecule has 2 N–H and O–H groups in total. The number of hydrogen-bond acceptors (Lipinski definition) is 3. The lowest BCUT2D eigenvalue weighted by molar-refractivity contribution is -0.129. The van der Waals surface area contributed by atoms with E-state index in [9.17, 15) is 9.18 Å². The van der Waals surface area contributed by atoms with Gasteiger partial charge >= 0.3 is 0 Å². The van der Waals surface area contributed by atoms with E-state index in [1.165, 1.54) is 12.1 Å². The summed E-state index contributed by atoms with van der Waals surface area (Å²) in [5.41, 5.74) is 6.88. The zero-order valence-electron chi connectivity index (χ0n) is 10.6. The molecular weight excluding hydrogens is 315 g/mol. The first-order valence-electron chi connectivity index (χ1n) is 6.03. The highest BCUT2D eigenvalue weighted by molar-refractivity contribution is 9.10. The van der Waals surface area contributed by atoms with Crippen molar-refractivity contribution in [2.75, 3.05) is 20.3 Å². The summed E-state index contributed by atoms with van der Waals surface area (Å²) in [5, 5.41) is 0. The van der Waals surface area contributed by atoms with E-state index in [0.29, 0.717) is 24.0 Å². The number of ether oxygens (including phenoxy) is 1. The predicted octanol–water partition coefficient (Wildman–Crippen LogP) is 1.84. The lowest BCUT2D eigenvalue weighted by Gasteiger charge is -2.27. The molecule has 1 saturated heterocycles. The minimum absolute atomic E-state index is 0.00535. The summed E-state index contributed by atoms with van der Waals surface area (Å²) < 4.78 is 18.8. The smallest absolute Gasteiger partial charge is 0.224 e. The molecule has 1 heterocycles. The molecule has 1 fully saturated rings. The van der Waals surface area contributed by atoms with Crippen LogP contribution in [0.15, 0.2) is 22.7 Å². The molecule has 0 aliphatic carbocycles. The average molecular weight is 331 g/mol. The highest BCUT2D eigenvalue weighted by Gasteiger charge is 2.39. The van der Waals surface area contributed by atoms with Crippen LogP contribution >= 0.6 is 15.9 Å². The third kappa shape index (κ3) is 2.96. The second-order valence-electron chi connectivity index (χ2n) is 4.56. The van der Waals surface area contributed by atoms with Gasteiger partial charge in [-0.25, -0.2) is 4.39 Å². The third-order valence-corrected chi connectivity index (χ3v) is 3.98. The summed E-state index contributed by atoms with van der Waals surface area (Å²) >= 11 is 3.34. The Hall–Kier alpha value is -0.980. The average Bonchev–Trinajstić information content (AvgIpc) is 2.62. The molecule has 4 nitrogen and oxygen atoms in total. The Balaban J connectivity index is 2.31. The van der Waals surface area contributed by atoms with Crippen LogP contribution in [-0.2, 0) is 9.53 Å². The maximum absolute atomic E-state index is 13.1. The van der Waals surface area contributed by atoms with Gasteiger partial charge in [-0.05, 0) is 17.7 Å². The SMILES string of the molecule is COCCN1C(=O)CC(N)C1c1ccc(F)cc1Br. The Morgan fingerprint density at radius 2 is 2.32 bits per heavy atom. The molecule has 0 spiro atoms. The van der Waals surface area contributed by atoms with Crippen LogP contribution in [0.25, 0.3) is 0 Å². The van der Waals surface area contributed by atoms with Crippen molar-refractivity contribution in [1.82, 2.24) is 4.90 Å². The Kier molecular flexibility index (Phi) is 4.54. The minimum atomic E-state index is -0.322. The Morgan fingerprint density at radius 1 is 1.58 bits per heavy atom. The maximum atomic E-state index is 13.1. The molecule has 0 aromatic heterocycles. The van der Waals surface area contributed by atoms with Crippen molar-refractivity contribution in [2.24, 2.45) is 5.73 Å². The molecule has 1 aliphatic heterocycles. The van der Waals surface area contributed by atoms with E-state index in [1.54, 1.807) is 18.1 Å². The van der Waals surface area contributed by atoms with Crippen LogP contribution in [0.5, 0.6) is 0 Å². The zero-order chi connectivity index (χ0) is 14.0. The van der Waals surface area contributed by atoms with Crippen LogP contribution < -0.4 is 5.73 Å². The molecule has 2 unspecified atom stereocenters. The maximum Gasteiger partial charge on any atom is 0.224 e. The van der Waals surface area contributed by atoms with Gasteiger partial charge in [0.2, 0.25) is 5.91 Å². The highest BCUT2D eigenvalue weighted by atomic mass is 79.9. The lowest BCUT2D eigenvalue weighted by atomic mass is 10.0. The highest BCUT2D eigenvalue weighted by Crippen LogP contribution is 2.36. The van der Waals surface area contributed by atoms with Gasteiger partial charge in [0.05, 0.1) is 12.6 Å². The normalized spacial score (nSPS) is 23.2. The first-order chi connectivity index (χ1) is 9.04. The van der Waals surface area contributed by atoms with Gasteiger partial charge < -0.3 is 15.4 Å². The fourth-order valence-electron chi connectivity index (χ4n) is 2.41. The number of likely N-dealkylation sites (tertiary alicyclic amines) is 1. The number of methoxy groups -OCH3 is 1. The van der Waals surface area contributed by atoms with E-state index in [-0.39, 0.29) is 23.8 Å². The van der Waals surface area contributed by atoms with Gasteiger partial charge in [-0.1, -0.05) is 22.0 Å². The predicted molar refractivity (Wildman–Crippen MR) is 73.0 cm³/mol. The molecule has 2 atom stereocenters. The molecule has 0 radical (unpaired) electrons. The number of nitrogens with two attached hydrogens (primary N) is 1. The standard InChI is InChI=1S/C13H16BrFN2O2/c1-19-5-4-17-12(18)7-11(16)13(17)9-3-2-8(15)6-10(9)14/h2-3,6,11,13H,4-5,7,16H2,1H3. The number of nitrogens with zero attached hydrogens (tertiary/aromatic N) is 1. The van der Waals surface area contributed by atoms with Gasteiger partial charge in [0.1, 0.15) is 5.82 Å². The number of benzene rings is 1. The molecule has 19 heavy (non-hydrogen) atoms. The van der Waals surface area contributed by atoms with Gasteiger partial charge in [0.25, 0.3) is 0 Å². The number of amides is 1. The van der Waals surface area contributed by atoms with Crippen molar-refractivity contribution in [3.63, 3.8) is 0 Å². The van der Waals surface area contributed by atoms with Crippen molar-refractivity contribution >= 4 is 21.8 Å². The van der Waals surface area contributed by atoms with E-state index < -0.39 is 0 Å². The third-order valence-electron chi connectivity index (χ3n) is 3.29. The van der Waals surface area contributed by atoms with Crippen LogP contribution in [-0.4, -0.2) is 37.1 Å². The van der Waals surface area contributed by atoms with Gasteiger partial charge in [-0.2, -0.15) is 0 Å². The van der Waals surface area contributed by atoms with Gasteiger partial charge in [0.15, 0.2) is 0 Å². The topological polar surface area (TPSA) is 55.6 Å². The fraction of sp³-hybridized carbons (Fsp3) is 0.462. The first-order valence-corrected chi connectivity index (χ1v) is 6.83. The minimum Gasteiger partial charge on any atom is -0.383 e. The van der Waals surface area contributed by atoms with Crippen LogP contribution in [0.2, 0.25) is 0 Å². The molecule has 2 rings (SSSR count).